The first-order valence-electron chi connectivity index (χ1n) is 9.10. The molecule has 0 amide bonds. The van der Waals surface area contributed by atoms with Gasteiger partial charge in [0.2, 0.25) is 0 Å². The highest BCUT2D eigenvalue weighted by molar-refractivity contribution is 7.94. The summed E-state index contributed by atoms with van der Waals surface area (Å²) in [5.41, 5.74) is 1.12. The lowest BCUT2D eigenvalue weighted by molar-refractivity contribution is 0.308. The monoisotopic (exact) mass is 371 g/mol. The standard InChI is InChI=1S/C19H33NO2S2/c1-19(2,3)16-13-18(23-14-16)24(21,22)17(11-12-20(4)5)15-9-7-6-8-10-15/h13-15,17H,6-12H2,1-5H3. The molecule has 1 atom stereocenters. The number of rotatable bonds is 6. The molecule has 1 aliphatic rings. The highest BCUT2D eigenvalue weighted by Crippen LogP contribution is 2.37. The first-order valence-corrected chi connectivity index (χ1v) is 11.5. The van der Waals surface area contributed by atoms with Crippen molar-refractivity contribution in [1.82, 2.24) is 4.90 Å². The van der Waals surface area contributed by atoms with Crippen molar-refractivity contribution in [2.24, 2.45) is 5.92 Å². The summed E-state index contributed by atoms with van der Waals surface area (Å²) in [5, 5.41) is 1.79. The van der Waals surface area contributed by atoms with Crippen LogP contribution in [0, 0.1) is 5.92 Å². The molecule has 0 bridgehead atoms. The van der Waals surface area contributed by atoms with Gasteiger partial charge in [-0.3, -0.25) is 0 Å². The van der Waals surface area contributed by atoms with Crippen molar-refractivity contribution in [2.75, 3.05) is 20.6 Å². The van der Waals surface area contributed by atoms with E-state index < -0.39 is 9.84 Å². The lowest BCUT2D eigenvalue weighted by Gasteiger charge is -2.30. The molecule has 1 fully saturated rings. The third-order valence-electron chi connectivity index (χ3n) is 5.16. The zero-order valence-electron chi connectivity index (χ0n) is 15.8. The Morgan fingerprint density at radius 3 is 2.33 bits per heavy atom. The second-order valence-corrected chi connectivity index (χ2v) is 11.8. The fourth-order valence-electron chi connectivity index (χ4n) is 3.54. The predicted molar refractivity (Wildman–Crippen MR) is 104 cm³/mol. The zero-order chi connectivity index (χ0) is 18.0. The van der Waals surface area contributed by atoms with E-state index in [1.54, 1.807) is 0 Å². The summed E-state index contributed by atoms with van der Waals surface area (Å²) in [6.07, 6.45) is 6.48. The fourth-order valence-corrected chi connectivity index (χ4v) is 7.24. The third kappa shape index (κ3) is 4.83. The number of hydrogen-bond acceptors (Lipinski definition) is 4. The maximum atomic E-state index is 13.4. The SMILES string of the molecule is CN(C)CCC(C1CCCCC1)S(=O)(=O)c1cc(C(C)(C)C)cs1. The van der Waals surface area contributed by atoms with Crippen LogP contribution in [0.25, 0.3) is 0 Å². The van der Waals surface area contributed by atoms with Crippen molar-refractivity contribution < 1.29 is 8.42 Å². The van der Waals surface area contributed by atoms with Crippen LogP contribution >= 0.6 is 11.3 Å². The van der Waals surface area contributed by atoms with Gasteiger partial charge in [0.1, 0.15) is 4.21 Å². The van der Waals surface area contributed by atoms with Gasteiger partial charge >= 0.3 is 0 Å². The number of nitrogens with zero attached hydrogens (tertiary/aromatic N) is 1. The van der Waals surface area contributed by atoms with Crippen LogP contribution in [-0.2, 0) is 15.3 Å². The highest BCUT2D eigenvalue weighted by atomic mass is 32.2. The average Bonchev–Trinajstić information content (AvgIpc) is 2.98. The first-order chi connectivity index (χ1) is 11.1. The Bertz CT molecular complexity index is 620. The molecular weight excluding hydrogens is 338 g/mol. The van der Waals surface area contributed by atoms with Crippen molar-refractivity contribution in [2.45, 2.75) is 74.2 Å². The molecule has 1 unspecified atom stereocenters. The number of hydrogen-bond donors (Lipinski definition) is 0. The Morgan fingerprint density at radius 1 is 1.21 bits per heavy atom. The van der Waals surface area contributed by atoms with Gasteiger partial charge in [0, 0.05) is 0 Å². The minimum absolute atomic E-state index is 0.00571. The fraction of sp³-hybridized carbons (Fsp3) is 0.789. The van der Waals surface area contributed by atoms with Crippen molar-refractivity contribution >= 4 is 21.2 Å². The smallest absolute Gasteiger partial charge is 0.190 e. The van der Waals surface area contributed by atoms with Gasteiger partial charge in [-0.2, -0.15) is 0 Å². The van der Waals surface area contributed by atoms with E-state index in [1.807, 2.05) is 25.5 Å². The Hall–Kier alpha value is -0.390. The quantitative estimate of drug-likeness (QED) is 0.726. The molecule has 0 spiro atoms. The molecular formula is C19H33NO2S2. The maximum absolute atomic E-state index is 13.4. The van der Waals surface area contributed by atoms with Crippen molar-refractivity contribution in [3.63, 3.8) is 0 Å². The molecule has 1 heterocycles. The molecule has 3 nitrogen and oxygen atoms in total. The van der Waals surface area contributed by atoms with Gasteiger partial charge in [-0.05, 0) is 68.2 Å². The predicted octanol–water partition coefficient (Wildman–Crippen LogP) is 4.72. The Balaban J connectivity index is 2.29. The van der Waals surface area contributed by atoms with Crippen LogP contribution in [0.1, 0.15) is 64.9 Å². The van der Waals surface area contributed by atoms with E-state index >= 15 is 0 Å². The first kappa shape index (κ1) is 19.9. The van der Waals surface area contributed by atoms with Gasteiger partial charge in [0.05, 0.1) is 5.25 Å². The minimum Gasteiger partial charge on any atom is -0.309 e. The summed E-state index contributed by atoms with van der Waals surface area (Å²) < 4.78 is 27.3. The van der Waals surface area contributed by atoms with Gasteiger partial charge in [0.25, 0.3) is 0 Å². The van der Waals surface area contributed by atoms with Crippen molar-refractivity contribution in [3.8, 4) is 0 Å². The summed E-state index contributed by atoms with van der Waals surface area (Å²) in [5.74, 6) is 0.323. The second-order valence-electron chi connectivity index (χ2n) is 8.48. The molecule has 5 heteroatoms. The van der Waals surface area contributed by atoms with Crippen LogP contribution in [0.2, 0.25) is 0 Å². The largest absolute Gasteiger partial charge is 0.309 e. The highest BCUT2D eigenvalue weighted by Gasteiger charge is 2.36. The lowest BCUT2D eigenvalue weighted by Crippen LogP contribution is -2.34. The molecule has 1 aromatic heterocycles. The van der Waals surface area contributed by atoms with E-state index in [-0.39, 0.29) is 10.7 Å². The summed E-state index contributed by atoms with van der Waals surface area (Å²) in [6.45, 7) is 7.24. The third-order valence-corrected chi connectivity index (χ3v) is 8.96. The van der Waals surface area contributed by atoms with Gasteiger partial charge in [-0.15, -0.1) is 11.3 Å². The molecule has 138 valence electrons. The minimum atomic E-state index is -3.24. The molecule has 1 aromatic rings. The Kier molecular flexibility index (Phi) is 6.54. The molecule has 2 rings (SSSR count). The summed E-state index contributed by atoms with van der Waals surface area (Å²) in [7, 11) is 0.799. The molecule has 0 aromatic carbocycles. The van der Waals surface area contributed by atoms with Gasteiger partial charge in [-0.1, -0.05) is 40.0 Å². The van der Waals surface area contributed by atoms with Gasteiger partial charge in [-0.25, -0.2) is 8.42 Å². The van der Waals surface area contributed by atoms with E-state index in [1.165, 1.54) is 30.6 Å². The maximum Gasteiger partial charge on any atom is 0.190 e. The van der Waals surface area contributed by atoms with E-state index in [4.69, 9.17) is 0 Å². The average molecular weight is 372 g/mol. The normalized spacial score (nSPS) is 18.9. The zero-order valence-corrected chi connectivity index (χ0v) is 17.5. The lowest BCUT2D eigenvalue weighted by atomic mass is 9.85. The number of thiophene rings is 1. The van der Waals surface area contributed by atoms with E-state index in [0.29, 0.717) is 10.1 Å². The molecule has 0 aliphatic heterocycles. The Labute approximate surface area is 152 Å². The van der Waals surface area contributed by atoms with Crippen molar-refractivity contribution in [3.05, 3.63) is 17.0 Å². The topological polar surface area (TPSA) is 37.4 Å². The van der Waals surface area contributed by atoms with Crippen LogP contribution in [0.4, 0.5) is 0 Å². The van der Waals surface area contributed by atoms with Gasteiger partial charge in [0.15, 0.2) is 9.84 Å². The van der Waals surface area contributed by atoms with Gasteiger partial charge < -0.3 is 4.90 Å². The molecule has 0 saturated heterocycles. The van der Waals surface area contributed by atoms with Crippen LogP contribution in [-0.4, -0.2) is 39.2 Å². The molecule has 0 N–H and O–H groups in total. The second kappa shape index (κ2) is 7.88. The summed E-state index contributed by atoms with van der Waals surface area (Å²) >= 11 is 1.41. The van der Waals surface area contributed by atoms with Crippen LogP contribution in [0.3, 0.4) is 0 Å². The Morgan fingerprint density at radius 2 is 1.83 bits per heavy atom. The van der Waals surface area contributed by atoms with E-state index in [2.05, 4.69) is 25.7 Å². The van der Waals surface area contributed by atoms with Crippen LogP contribution < -0.4 is 0 Å². The summed E-state index contributed by atoms with van der Waals surface area (Å²) in [4.78, 5) is 2.10. The van der Waals surface area contributed by atoms with E-state index in [9.17, 15) is 8.42 Å². The van der Waals surface area contributed by atoms with E-state index in [0.717, 1.165) is 31.4 Å². The van der Waals surface area contributed by atoms with Crippen LogP contribution in [0.5, 0.6) is 0 Å². The van der Waals surface area contributed by atoms with Crippen LogP contribution in [0.15, 0.2) is 15.7 Å². The molecule has 1 saturated carbocycles. The summed E-state index contributed by atoms with van der Waals surface area (Å²) in [6, 6.07) is 1.92. The molecule has 0 radical (unpaired) electrons. The van der Waals surface area contributed by atoms with Crippen molar-refractivity contribution in [1.29, 1.82) is 0 Å². The molecule has 24 heavy (non-hydrogen) atoms. The molecule has 1 aliphatic carbocycles. The number of sulfone groups is 1.